The number of nitrogens with zero attached hydrogens (tertiary/aromatic N) is 4. The van der Waals surface area contributed by atoms with Crippen molar-refractivity contribution in [1.29, 1.82) is 0 Å². The lowest BCUT2D eigenvalue weighted by Crippen LogP contribution is -2.28. The van der Waals surface area contributed by atoms with Crippen LogP contribution in [0.5, 0.6) is 0 Å². The number of hydrogen-bond acceptors (Lipinski definition) is 7. The van der Waals surface area contributed by atoms with Crippen molar-refractivity contribution in [3.8, 4) is 11.4 Å². The lowest BCUT2D eigenvalue weighted by molar-refractivity contribution is -0.159. The highest BCUT2D eigenvalue weighted by molar-refractivity contribution is 5.79. The van der Waals surface area contributed by atoms with E-state index >= 15 is 0 Å². The normalized spacial score (nSPS) is 12.5. The number of aryl methyl sites for hydroxylation is 1. The average Bonchev–Trinajstić information content (AvgIpc) is 2.54. The monoisotopic (exact) mass is 358 g/mol. The van der Waals surface area contributed by atoms with Crippen LogP contribution in [0.15, 0.2) is 24.3 Å². The topological polar surface area (TPSA) is 115 Å². The minimum Gasteiger partial charge on any atom is -0.481 e. The molecule has 1 atom stereocenters. The molecule has 1 heterocycles. The number of carbonyl (C=O) groups is 2. The van der Waals surface area contributed by atoms with Gasteiger partial charge in [-0.1, -0.05) is 24.3 Å². The predicted octanol–water partition coefficient (Wildman–Crippen LogP) is 2.22. The number of aromatic nitrogens is 4. The van der Waals surface area contributed by atoms with E-state index in [0.29, 0.717) is 11.6 Å². The first-order valence-corrected chi connectivity index (χ1v) is 8.22. The molecule has 1 N–H and O–H groups in total. The lowest BCUT2D eigenvalue weighted by Gasteiger charge is -2.21. The molecule has 138 valence electrons. The fourth-order valence-electron chi connectivity index (χ4n) is 2.30. The summed E-state index contributed by atoms with van der Waals surface area (Å²) in [5.74, 6) is -1.53. The van der Waals surface area contributed by atoms with Crippen molar-refractivity contribution in [3.05, 3.63) is 35.7 Å². The first kappa shape index (κ1) is 19.4. The summed E-state index contributed by atoms with van der Waals surface area (Å²) in [5.41, 5.74) is 0.878. The molecule has 0 aliphatic rings. The Morgan fingerprint density at radius 3 is 2.15 bits per heavy atom. The van der Waals surface area contributed by atoms with E-state index in [1.807, 2.05) is 0 Å². The highest BCUT2D eigenvalue weighted by Crippen LogP contribution is 2.19. The second kappa shape index (κ2) is 7.99. The highest BCUT2D eigenvalue weighted by Gasteiger charge is 2.25. The summed E-state index contributed by atoms with van der Waals surface area (Å²) in [6.45, 7) is 6.94. The molecule has 0 aliphatic carbocycles. The van der Waals surface area contributed by atoms with Gasteiger partial charge < -0.3 is 9.84 Å². The molecule has 0 saturated heterocycles. The van der Waals surface area contributed by atoms with Gasteiger partial charge in [-0.2, -0.15) is 0 Å². The molecular formula is C18H22N4O4. The Kier molecular flexibility index (Phi) is 5.97. The quantitative estimate of drug-likeness (QED) is 0.782. The molecule has 1 aromatic heterocycles. The number of hydrogen-bond donors (Lipinski definition) is 1. The Morgan fingerprint density at radius 2 is 1.65 bits per heavy atom. The maximum Gasteiger partial charge on any atom is 0.307 e. The van der Waals surface area contributed by atoms with E-state index in [1.165, 1.54) is 0 Å². The first-order chi connectivity index (χ1) is 12.1. The summed E-state index contributed by atoms with van der Waals surface area (Å²) in [5, 5.41) is 25.0. The van der Waals surface area contributed by atoms with E-state index in [2.05, 4.69) is 20.4 Å². The molecule has 2 rings (SSSR count). The van der Waals surface area contributed by atoms with Crippen LogP contribution in [0, 0.1) is 12.8 Å². The molecule has 1 unspecified atom stereocenters. The molecule has 0 aliphatic heterocycles. The average molecular weight is 358 g/mol. The van der Waals surface area contributed by atoms with Crippen LogP contribution in [-0.2, 0) is 20.7 Å². The molecular weight excluding hydrogens is 336 g/mol. The molecule has 0 amide bonds. The minimum atomic E-state index is -1.03. The van der Waals surface area contributed by atoms with Crippen molar-refractivity contribution in [2.45, 2.75) is 46.1 Å². The highest BCUT2D eigenvalue weighted by atomic mass is 16.6. The number of ether oxygens (including phenoxy) is 1. The minimum absolute atomic E-state index is 0.177. The molecule has 0 bridgehead atoms. The number of rotatable bonds is 6. The zero-order valence-electron chi connectivity index (χ0n) is 15.3. The molecule has 0 saturated carbocycles. The van der Waals surface area contributed by atoms with Crippen LogP contribution in [0.4, 0.5) is 0 Å². The molecule has 0 fully saturated rings. The van der Waals surface area contributed by atoms with Crippen LogP contribution < -0.4 is 0 Å². The standard InChI is InChI=1S/C18H22N4O4/c1-11-19-21-16(22-20-11)13-7-5-12(6-8-13)9-14(17(24)25)10-15(23)26-18(2,3)4/h5-8,14H,9-10H2,1-4H3,(H,24,25). The molecule has 26 heavy (non-hydrogen) atoms. The number of esters is 1. The molecule has 0 radical (unpaired) electrons. The SMILES string of the molecule is Cc1nnc(-c2ccc(CC(CC(=O)OC(C)(C)C)C(=O)O)cc2)nn1. The van der Waals surface area contributed by atoms with Gasteiger partial charge in [0.2, 0.25) is 5.82 Å². The van der Waals surface area contributed by atoms with E-state index in [1.54, 1.807) is 52.0 Å². The van der Waals surface area contributed by atoms with E-state index in [4.69, 9.17) is 4.74 Å². The maximum absolute atomic E-state index is 11.9. The Hall–Kier alpha value is -2.90. The van der Waals surface area contributed by atoms with Gasteiger partial charge in [0.05, 0.1) is 12.3 Å². The van der Waals surface area contributed by atoms with Crippen LogP contribution in [0.25, 0.3) is 11.4 Å². The third-order valence-corrected chi connectivity index (χ3v) is 3.46. The van der Waals surface area contributed by atoms with Gasteiger partial charge in [0, 0.05) is 5.56 Å². The van der Waals surface area contributed by atoms with Gasteiger partial charge in [-0.15, -0.1) is 20.4 Å². The summed E-state index contributed by atoms with van der Waals surface area (Å²) in [6.07, 6.45) is 0.0450. The van der Waals surface area contributed by atoms with Gasteiger partial charge >= 0.3 is 11.9 Å². The van der Waals surface area contributed by atoms with Crippen molar-refractivity contribution in [2.24, 2.45) is 5.92 Å². The molecule has 1 aromatic carbocycles. The summed E-state index contributed by atoms with van der Waals surface area (Å²) >= 11 is 0. The Bertz CT molecular complexity index is 767. The van der Waals surface area contributed by atoms with E-state index in [9.17, 15) is 14.7 Å². The van der Waals surface area contributed by atoms with Crippen LogP contribution in [-0.4, -0.2) is 43.0 Å². The third-order valence-electron chi connectivity index (χ3n) is 3.46. The first-order valence-electron chi connectivity index (χ1n) is 8.22. The summed E-state index contributed by atoms with van der Waals surface area (Å²) < 4.78 is 5.21. The second-order valence-electron chi connectivity index (χ2n) is 7.00. The van der Waals surface area contributed by atoms with Gasteiger partial charge in [-0.05, 0) is 39.7 Å². The van der Waals surface area contributed by atoms with Crippen molar-refractivity contribution in [3.63, 3.8) is 0 Å². The van der Waals surface area contributed by atoms with Crippen molar-refractivity contribution >= 4 is 11.9 Å². The van der Waals surface area contributed by atoms with Crippen LogP contribution in [0.1, 0.15) is 38.6 Å². The Balaban J connectivity index is 2.06. The maximum atomic E-state index is 11.9. The Labute approximate surface area is 151 Å². The largest absolute Gasteiger partial charge is 0.481 e. The van der Waals surface area contributed by atoms with Gasteiger partial charge in [0.15, 0.2) is 5.82 Å². The molecule has 0 spiro atoms. The van der Waals surface area contributed by atoms with Crippen molar-refractivity contribution < 1.29 is 19.4 Å². The molecule has 8 nitrogen and oxygen atoms in total. The predicted molar refractivity (Wildman–Crippen MR) is 93.1 cm³/mol. The fraction of sp³-hybridized carbons (Fsp3) is 0.444. The summed E-state index contributed by atoms with van der Waals surface area (Å²) in [7, 11) is 0. The van der Waals surface area contributed by atoms with E-state index < -0.39 is 23.5 Å². The Morgan fingerprint density at radius 1 is 1.08 bits per heavy atom. The zero-order chi connectivity index (χ0) is 19.3. The van der Waals surface area contributed by atoms with E-state index in [0.717, 1.165) is 11.1 Å². The molecule has 8 heteroatoms. The molecule has 2 aromatic rings. The fourth-order valence-corrected chi connectivity index (χ4v) is 2.30. The number of carboxylic acids is 1. The lowest BCUT2D eigenvalue weighted by atomic mass is 9.95. The van der Waals surface area contributed by atoms with Gasteiger partial charge in [0.25, 0.3) is 0 Å². The van der Waals surface area contributed by atoms with Crippen molar-refractivity contribution in [2.75, 3.05) is 0 Å². The van der Waals surface area contributed by atoms with Gasteiger partial charge in [0.1, 0.15) is 5.60 Å². The number of carbonyl (C=O) groups excluding carboxylic acids is 1. The van der Waals surface area contributed by atoms with Gasteiger partial charge in [-0.25, -0.2) is 0 Å². The summed E-state index contributed by atoms with van der Waals surface area (Å²) in [6, 6.07) is 7.11. The number of aliphatic carboxylic acids is 1. The van der Waals surface area contributed by atoms with Crippen LogP contribution >= 0.6 is 0 Å². The number of benzene rings is 1. The van der Waals surface area contributed by atoms with Gasteiger partial charge in [-0.3, -0.25) is 9.59 Å². The van der Waals surface area contributed by atoms with Crippen molar-refractivity contribution in [1.82, 2.24) is 20.4 Å². The number of carboxylic acid groups (broad SMARTS) is 1. The van der Waals surface area contributed by atoms with Crippen LogP contribution in [0.2, 0.25) is 0 Å². The smallest absolute Gasteiger partial charge is 0.307 e. The zero-order valence-corrected chi connectivity index (χ0v) is 15.3. The van der Waals surface area contributed by atoms with Crippen LogP contribution in [0.3, 0.4) is 0 Å². The second-order valence-corrected chi connectivity index (χ2v) is 7.00. The third kappa shape index (κ3) is 5.87. The summed E-state index contributed by atoms with van der Waals surface area (Å²) in [4.78, 5) is 23.4. The van der Waals surface area contributed by atoms with E-state index in [-0.39, 0.29) is 12.8 Å².